The zero-order valence-corrected chi connectivity index (χ0v) is 15.6. The predicted molar refractivity (Wildman–Crippen MR) is 97.1 cm³/mol. The molecular weight excluding hydrogens is 357 g/mol. The summed E-state index contributed by atoms with van der Waals surface area (Å²) in [5.41, 5.74) is 0.998. The van der Waals surface area contributed by atoms with E-state index in [4.69, 9.17) is 0 Å². The van der Waals surface area contributed by atoms with Crippen molar-refractivity contribution in [1.29, 1.82) is 0 Å². The number of piperidine rings is 1. The number of anilines is 1. The Hall–Kier alpha value is -2.19. The molecule has 0 unspecified atom stereocenters. The molecule has 0 spiro atoms. The van der Waals surface area contributed by atoms with E-state index in [1.807, 2.05) is 0 Å². The van der Waals surface area contributed by atoms with Crippen LogP contribution in [0.15, 0.2) is 35.4 Å². The van der Waals surface area contributed by atoms with Gasteiger partial charge in [-0.3, -0.25) is 4.79 Å². The molecule has 8 heteroatoms. The van der Waals surface area contributed by atoms with Crippen LogP contribution in [0.2, 0.25) is 0 Å². The highest BCUT2D eigenvalue weighted by Gasteiger charge is 2.28. The first-order chi connectivity index (χ1) is 12.3. The number of hydrogen-bond donors (Lipinski definition) is 1. The third-order valence-corrected chi connectivity index (χ3v) is 6.46. The molecule has 1 aliphatic heterocycles. The molecule has 0 bridgehead atoms. The monoisotopic (exact) mass is 379 g/mol. The maximum Gasteiger partial charge on any atom is 0.272 e. The summed E-state index contributed by atoms with van der Waals surface area (Å²) in [7, 11) is -2.00. The van der Waals surface area contributed by atoms with Crippen molar-refractivity contribution in [2.75, 3.05) is 18.4 Å². The third-order valence-electron chi connectivity index (χ3n) is 4.60. The van der Waals surface area contributed by atoms with Gasteiger partial charge in [-0.25, -0.2) is 12.8 Å². The maximum absolute atomic E-state index is 13.6. The number of carbonyl (C=O) groups is 1. The van der Waals surface area contributed by atoms with E-state index in [1.54, 1.807) is 26.1 Å². The number of carbonyl (C=O) groups excluding carboxylic acids is 1. The summed E-state index contributed by atoms with van der Waals surface area (Å²) in [5, 5.41) is 2.60. The fourth-order valence-corrected chi connectivity index (χ4v) is 4.61. The lowest BCUT2D eigenvalue weighted by Crippen LogP contribution is -2.35. The van der Waals surface area contributed by atoms with Crippen LogP contribution >= 0.6 is 0 Å². The minimum Gasteiger partial charge on any atom is -0.345 e. The van der Waals surface area contributed by atoms with Crippen LogP contribution in [0.3, 0.4) is 0 Å². The van der Waals surface area contributed by atoms with Gasteiger partial charge in [0, 0.05) is 32.0 Å². The summed E-state index contributed by atoms with van der Waals surface area (Å²) < 4.78 is 42.1. The number of rotatable bonds is 4. The molecule has 2 heterocycles. The number of amides is 1. The second-order valence-corrected chi connectivity index (χ2v) is 8.49. The van der Waals surface area contributed by atoms with E-state index in [-0.39, 0.29) is 10.6 Å². The Morgan fingerprint density at radius 1 is 1.15 bits per heavy atom. The minimum absolute atomic E-state index is 0.0992. The normalized spacial score (nSPS) is 15.8. The van der Waals surface area contributed by atoms with Crippen molar-refractivity contribution in [2.45, 2.75) is 31.1 Å². The fraction of sp³-hybridized carbons (Fsp3) is 0.389. The molecule has 1 fully saturated rings. The van der Waals surface area contributed by atoms with Gasteiger partial charge < -0.3 is 9.88 Å². The Balaban J connectivity index is 1.83. The van der Waals surface area contributed by atoms with E-state index in [0.717, 1.165) is 19.3 Å². The van der Waals surface area contributed by atoms with Crippen molar-refractivity contribution in [3.63, 3.8) is 0 Å². The molecule has 3 rings (SSSR count). The Bertz CT molecular complexity index is 931. The van der Waals surface area contributed by atoms with Gasteiger partial charge in [0.1, 0.15) is 16.4 Å². The standard InChI is InChI=1S/C18H22FN3O3S/c1-13-6-7-14(10-16(13)19)20-18(23)17-11-15(12-21(17)2)26(24,25)22-8-4-3-5-9-22/h6-7,10-12H,3-5,8-9H2,1-2H3,(H,20,23). The largest absolute Gasteiger partial charge is 0.345 e. The zero-order valence-electron chi connectivity index (χ0n) is 14.8. The quantitative estimate of drug-likeness (QED) is 0.888. The van der Waals surface area contributed by atoms with Crippen LogP contribution in [0.5, 0.6) is 0 Å². The lowest BCUT2D eigenvalue weighted by atomic mass is 10.2. The van der Waals surface area contributed by atoms with E-state index >= 15 is 0 Å². The topological polar surface area (TPSA) is 71.4 Å². The second kappa shape index (κ2) is 7.20. The molecule has 26 heavy (non-hydrogen) atoms. The van der Waals surface area contributed by atoms with E-state index in [0.29, 0.717) is 24.3 Å². The van der Waals surface area contributed by atoms with E-state index in [9.17, 15) is 17.6 Å². The summed E-state index contributed by atoms with van der Waals surface area (Å²) >= 11 is 0. The first-order valence-corrected chi connectivity index (χ1v) is 9.97. The van der Waals surface area contributed by atoms with Crippen molar-refractivity contribution >= 4 is 21.6 Å². The second-order valence-electron chi connectivity index (χ2n) is 6.55. The Kier molecular flexibility index (Phi) is 5.15. The van der Waals surface area contributed by atoms with Gasteiger partial charge in [-0.2, -0.15) is 4.31 Å². The molecule has 6 nitrogen and oxygen atoms in total. The van der Waals surface area contributed by atoms with E-state index in [1.165, 1.54) is 27.2 Å². The van der Waals surface area contributed by atoms with Crippen LogP contribution in [0.1, 0.15) is 35.3 Å². The number of nitrogens with one attached hydrogen (secondary N) is 1. The lowest BCUT2D eigenvalue weighted by molar-refractivity contribution is 0.101. The van der Waals surface area contributed by atoms with Gasteiger partial charge in [-0.1, -0.05) is 12.5 Å². The maximum atomic E-state index is 13.6. The first-order valence-electron chi connectivity index (χ1n) is 8.53. The summed E-state index contributed by atoms with van der Waals surface area (Å²) in [6, 6.07) is 5.78. The molecule has 1 aliphatic rings. The van der Waals surface area contributed by atoms with Gasteiger partial charge in [0.15, 0.2) is 0 Å². The molecule has 0 atom stereocenters. The number of hydrogen-bond acceptors (Lipinski definition) is 3. The van der Waals surface area contributed by atoms with Crippen LogP contribution in [0.25, 0.3) is 0 Å². The van der Waals surface area contributed by atoms with Crippen LogP contribution in [-0.4, -0.2) is 36.3 Å². The number of halogens is 1. The van der Waals surface area contributed by atoms with Gasteiger partial charge in [0.25, 0.3) is 5.91 Å². The highest BCUT2D eigenvalue weighted by molar-refractivity contribution is 7.89. The van der Waals surface area contributed by atoms with E-state index < -0.39 is 21.7 Å². The van der Waals surface area contributed by atoms with Crippen LogP contribution in [-0.2, 0) is 17.1 Å². The highest BCUT2D eigenvalue weighted by atomic mass is 32.2. The van der Waals surface area contributed by atoms with Gasteiger partial charge in [-0.05, 0) is 43.5 Å². The molecule has 1 aromatic heterocycles. The first kappa shape index (κ1) is 18.6. The summed E-state index contributed by atoms with van der Waals surface area (Å²) in [4.78, 5) is 12.6. The number of aromatic nitrogens is 1. The third kappa shape index (κ3) is 3.66. The average molecular weight is 379 g/mol. The van der Waals surface area contributed by atoms with Crippen LogP contribution in [0, 0.1) is 12.7 Å². The molecule has 1 saturated heterocycles. The van der Waals surface area contributed by atoms with E-state index in [2.05, 4.69) is 5.32 Å². The fourth-order valence-electron chi connectivity index (χ4n) is 3.02. The average Bonchev–Trinajstić information content (AvgIpc) is 3.02. The number of nitrogens with zero attached hydrogens (tertiary/aromatic N) is 2. The molecule has 0 saturated carbocycles. The minimum atomic E-state index is -3.61. The van der Waals surface area contributed by atoms with Gasteiger partial charge in [0.2, 0.25) is 10.0 Å². The molecule has 0 aliphatic carbocycles. The lowest BCUT2D eigenvalue weighted by Gasteiger charge is -2.25. The summed E-state index contributed by atoms with van der Waals surface area (Å²) in [5.74, 6) is -0.904. The van der Waals surface area contributed by atoms with Crippen molar-refractivity contribution in [1.82, 2.24) is 8.87 Å². The Morgan fingerprint density at radius 2 is 1.85 bits per heavy atom. The molecule has 140 valence electrons. The molecule has 2 aromatic rings. The van der Waals surface area contributed by atoms with Gasteiger partial charge >= 0.3 is 0 Å². The zero-order chi connectivity index (χ0) is 18.9. The summed E-state index contributed by atoms with van der Waals surface area (Å²) in [6.45, 7) is 2.64. The van der Waals surface area contributed by atoms with Crippen molar-refractivity contribution < 1.29 is 17.6 Å². The Morgan fingerprint density at radius 3 is 2.50 bits per heavy atom. The van der Waals surface area contributed by atoms with Crippen LogP contribution < -0.4 is 5.32 Å². The molecule has 1 amide bonds. The number of benzene rings is 1. The smallest absolute Gasteiger partial charge is 0.272 e. The van der Waals surface area contributed by atoms with Crippen molar-refractivity contribution in [2.24, 2.45) is 7.05 Å². The predicted octanol–water partition coefficient (Wildman–Crippen LogP) is 2.90. The number of sulfonamides is 1. The molecule has 1 aromatic carbocycles. The summed E-state index contributed by atoms with van der Waals surface area (Å²) in [6.07, 6.45) is 4.16. The SMILES string of the molecule is Cc1ccc(NC(=O)c2cc(S(=O)(=O)N3CCCCC3)cn2C)cc1F. The van der Waals surface area contributed by atoms with Crippen molar-refractivity contribution in [3.05, 3.63) is 47.5 Å². The van der Waals surface area contributed by atoms with Gasteiger partial charge in [0.05, 0.1) is 0 Å². The van der Waals surface area contributed by atoms with Crippen LogP contribution in [0.4, 0.5) is 10.1 Å². The van der Waals surface area contributed by atoms with Gasteiger partial charge in [-0.15, -0.1) is 0 Å². The molecule has 0 radical (unpaired) electrons. The molecule has 1 N–H and O–H groups in total. The Labute approximate surface area is 152 Å². The van der Waals surface area contributed by atoms with Crippen molar-refractivity contribution in [3.8, 4) is 0 Å². The highest BCUT2D eigenvalue weighted by Crippen LogP contribution is 2.23. The molecular formula is C18H22FN3O3S. The number of aryl methyl sites for hydroxylation is 2.